The van der Waals surface area contributed by atoms with E-state index in [0.717, 1.165) is 0 Å². The van der Waals surface area contributed by atoms with Gasteiger partial charge in [0.1, 0.15) is 10.7 Å². The van der Waals surface area contributed by atoms with Crippen molar-refractivity contribution in [3.8, 4) is 0 Å². The summed E-state index contributed by atoms with van der Waals surface area (Å²) in [5, 5.41) is 0.234. The maximum atomic E-state index is 13.9. The van der Waals surface area contributed by atoms with Gasteiger partial charge in [-0.1, -0.05) is 35.3 Å². The maximum absolute atomic E-state index is 13.9. The number of anilines is 1. The topological polar surface area (TPSA) is 69.7 Å². The molecule has 0 aromatic heterocycles. The molecule has 1 aliphatic heterocycles. The van der Waals surface area contributed by atoms with Gasteiger partial charge in [-0.2, -0.15) is 4.72 Å². The predicted octanol–water partition coefficient (Wildman–Crippen LogP) is 3.15. The molecule has 0 radical (unpaired) electrons. The van der Waals surface area contributed by atoms with E-state index >= 15 is 0 Å². The van der Waals surface area contributed by atoms with Crippen molar-refractivity contribution in [1.29, 1.82) is 0 Å². The first kappa shape index (κ1) is 21.8. The largest absolute Gasteiger partial charge is 0.366 e. The minimum atomic E-state index is -4.03. The Morgan fingerprint density at radius 1 is 1.10 bits per heavy atom. The number of piperazine rings is 1. The van der Waals surface area contributed by atoms with Gasteiger partial charge in [0.05, 0.1) is 16.8 Å². The van der Waals surface area contributed by atoms with E-state index in [1.807, 2.05) is 4.90 Å². The van der Waals surface area contributed by atoms with E-state index in [1.54, 1.807) is 23.1 Å². The Bertz CT molecular complexity index is 1010. The van der Waals surface area contributed by atoms with Gasteiger partial charge in [-0.05, 0) is 37.3 Å². The van der Waals surface area contributed by atoms with Gasteiger partial charge in [-0.25, -0.2) is 12.8 Å². The fourth-order valence-corrected chi connectivity index (χ4v) is 5.14. The monoisotopic (exact) mass is 459 g/mol. The van der Waals surface area contributed by atoms with Gasteiger partial charge in [-0.15, -0.1) is 0 Å². The Hall–Kier alpha value is -1.87. The van der Waals surface area contributed by atoms with Crippen LogP contribution in [0.2, 0.25) is 10.0 Å². The van der Waals surface area contributed by atoms with Crippen LogP contribution in [0.1, 0.15) is 6.92 Å². The van der Waals surface area contributed by atoms with Gasteiger partial charge < -0.3 is 9.80 Å². The lowest BCUT2D eigenvalue weighted by atomic mass is 10.2. The average Bonchev–Trinajstić information content (AvgIpc) is 2.69. The van der Waals surface area contributed by atoms with Crippen molar-refractivity contribution in [2.75, 3.05) is 31.1 Å². The second kappa shape index (κ2) is 8.87. The number of hydrogen-bond donors (Lipinski definition) is 1. The number of nitrogens with one attached hydrogen (secondary N) is 1. The number of carbonyl (C=O) groups is 1. The van der Waals surface area contributed by atoms with Crippen LogP contribution in [0, 0.1) is 5.82 Å². The number of benzene rings is 2. The van der Waals surface area contributed by atoms with E-state index in [-0.39, 0.29) is 26.7 Å². The summed E-state index contributed by atoms with van der Waals surface area (Å²) >= 11 is 11.8. The lowest BCUT2D eigenvalue weighted by Gasteiger charge is -2.37. The van der Waals surface area contributed by atoms with Crippen molar-refractivity contribution in [2.24, 2.45) is 0 Å². The highest BCUT2D eigenvalue weighted by atomic mass is 35.5. The molecule has 3 rings (SSSR count). The van der Waals surface area contributed by atoms with Crippen LogP contribution in [0.5, 0.6) is 0 Å². The smallest absolute Gasteiger partial charge is 0.242 e. The highest BCUT2D eigenvalue weighted by Crippen LogP contribution is 2.25. The third kappa shape index (κ3) is 5.01. The van der Waals surface area contributed by atoms with Gasteiger partial charge in [-0.3, -0.25) is 4.79 Å². The summed E-state index contributed by atoms with van der Waals surface area (Å²) in [6.45, 7) is 3.09. The number of carbonyl (C=O) groups excluding carboxylic acids is 1. The fraction of sp³-hybridized carbons (Fsp3) is 0.316. The highest BCUT2D eigenvalue weighted by molar-refractivity contribution is 7.89. The molecule has 1 N–H and O–H groups in total. The van der Waals surface area contributed by atoms with Gasteiger partial charge >= 0.3 is 0 Å². The van der Waals surface area contributed by atoms with E-state index in [1.165, 1.54) is 31.2 Å². The molecule has 1 heterocycles. The van der Waals surface area contributed by atoms with Crippen LogP contribution >= 0.6 is 23.2 Å². The molecule has 156 valence electrons. The Labute approximate surface area is 179 Å². The molecule has 0 bridgehead atoms. The molecule has 1 aliphatic rings. The summed E-state index contributed by atoms with van der Waals surface area (Å²) in [5.41, 5.74) is 0.490. The molecule has 1 saturated heterocycles. The zero-order valence-corrected chi connectivity index (χ0v) is 17.9. The van der Waals surface area contributed by atoms with E-state index in [2.05, 4.69) is 4.72 Å². The zero-order valence-electron chi connectivity index (χ0n) is 15.6. The van der Waals surface area contributed by atoms with E-state index in [9.17, 15) is 17.6 Å². The lowest BCUT2D eigenvalue weighted by Crippen LogP contribution is -2.54. The summed E-state index contributed by atoms with van der Waals surface area (Å²) in [6.07, 6.45) is 0. The molecule has 0 unspecified atom stereocenters. The number of hydrogen-bond acceptors (Lipinski definition) is 4. The van der Waals surface area contributed by atoms with Crippen molar-refractivity contribution >= 4 is 44.8 Å². The van der Waals surface area contributed by atoms with Gasteiger partial charge in [0.25, 0.3) is 0 Å². The number of amides is 1. The Morgan fingerprint density at radius 3 is 2.41 bits per heavy atom. The Morgan fingerprint density at radius 2 is 1.76 bits per heavy atom. The van der Waals surface area contributed by atoms with Crippen molar-refractivity contribution in [3.63, 3.8) is 0 Å². The standard InChI is InChI=1S/C19H20Cl2FN3O3S/c1-13(23-29(27,28)18-12-14(20)6-7-15(18)21)19(26)25-10-8-24(9-11-25)17-5-3-2-4-16(17)22/h2-7,12-13,23H,8-11H2,1H3/t13-/m0/s1. The summed E-state index contributed by atoms with van der Waals surface area (Å²) in [7, 11) is -4.03. The number of halogens is 3. The molecule has 1 amide bonds. The molecule has 1 atom stereocenters. The molecule has 0 aliphatic carbocycles. The molecule has 2 aromatic rings. The van der Waals surface area contributed by atoms with Crippen LogP contribution in [0.3, 0.4) is 0 Å². The van der Waals surface area contributed by atoms with E-state index < -0.39 is 16.1 Å². The van der Waals surface area contributed by atoms with Gasteiger partial charge in [0, 0.05) is 31.2 Å². The lowest BCUT2D eigenvalue weighted by molar-refractivity contribution is -0.132. The molecule has 2 aromatic carbocycles. The molecule has 1 fully saturated rings. The molecule has 29 heavy (non-hydrogen) atoms. The molecular weight excluding hydrogens is 440 g/mol. The number of para-hydroxylation sites is 1. The van der Waals surface area contributed by atoms with Crippen molar-refractivity contribution in [1.82, 2.24) is 9.62 Å². The highest BCUT2D eigenvalue weighted by Gasteiger charge is 2.29. The first-order valence-corrected chi connectivity index (χ1v) is 11.2. The second-order valence-corrected chi connectivity index (χ2v) is 9.21. The number of rotatable bonds is 5. The minimum Gasteiger partial charge on any atom is -0.366 e. The summed E-state index contributed by atoms with van der Waals surface area (Å²) in [4.78, 5) is 16.0. The predicted molar refractivity (Wildman–Crippen MR) is 111 cm³/mol. The molecule has 0 saturated carbocycles. The van der Waals surface area contributed by atoms with Crippen LogP contribution in [0.25, 0.3) is 0 Å². The van der Waals surface area contributed by atoms with Gasteiger partial charge in [0.15, 0.2) is 0 Å². The van der Waals surface area contributed by atoms with Crippen LogP contribution in [-0.2, 0) is 14.8 Å². The van der Waals surface area contributed by atoms with Crippen LogP contribution < -0.4 is 9.62 Å². The average molecular weight is 460 g/mol. The van der Waals surface area contributed by atoms with E-state index in [0.29, 0.717) is 31.9 Å². The van der Waals surface area contributed by atoms with Crippen molar-refractivity contribution in [3.05, 3.63) is 58.3 Å². The molecule has 10 heteroatoms. The quantitative estimate of drug-likeness (QED) is 0.745. The van der Waals surface area contributed by atoms with Crippen LogP contribution in [0.4, 0.5) is 10.1 Å². The molecule has 6 nitrogen and oxygen atoms in total. The first-order chi connectivity index (χ1) is 13.7. The van der Waals surface area contributed by atoms with Crippen LogP contribution in [0.15, 0.2) is 47.4 Å². The Balaban J connectivity index is 1.64. The summed E-state index contributed by atoms with van der Waals surface area (Å²) in [6, 6.07) is 9.57. The van der Waals surface area contributed by atoms with Gasteiger partial charge in [0.2, 0.25) is 15.9 Å². The van der Waals surface area contributed by atoms with Crippen molar-refractivity contribution < 1.29 is 17.6 Å². The maximum Gasteiger partial charge on any atom is 0.242 e. The molecule has 0 spiro atoms. The SMILES string of the molecule is C[C@H](NS(=O)(=O)c1cc(Cl)ccc1Cl)C(=O)N1CCN(c2ccccc2F)CC1. The van der Waals surface area contributed by atoms with Crippen LogP contribution in [-0.4, -0.2) is 51.4 Å². The zero-order chi connectivity index (χ0) is 21.2. The molecular formula is C19H20Cl2FN3O3S. The summed E-state index contributed by atoms with van der Waals surface area (Å²) in [5.74, 6) is -0.674. The van der Waals surface area contributed by atoms with Crippen molar-refractivity contribution in [2.45, 2.75) is 17.9 Å². The normalized spacial score (nSPS) is 16.0. The van der Waals surface area contributed by atoms with E-state index in [4.69, 9.17) is 23.2 Å². The third-order valence-corrected chi connectivity index (χ3v) is 6.93. The minimum absolute atomic E-state index is 0.0139. The number of nitrogens with zero attached hydrogens (tertiary/aromatic N) is 2. The second-order valence-electron chi connectivity index (χ2n) is 6.68. The Kier molecular flexibility index (Phi) is 6.68. The fourth-order valence-electron chi connectivity index (χ4n) is 3.18. The first-order valence-electron chi connectivity index (χ1n) is 8.94. The third-order valence-electron chi connectivity index (χ3n) is 4.67. The summed E-state index contributed by atoms with van der Waals surface area (Å²) < 4.78 is 41.5. The number of sulfonamides is 1.